The Labute approximate surface area is 118 Å². The molecule has 1 aromatic carbocycles. The molecule has 0 saturated carbocycles. The Morgan fingerprint density at radius 2 is 2.05 bits per heavy atom. The molecule has 0 spiro atoms. The number of hydrogen-bond donors (Lipinski definition) is 1. The highest BCUT2D eigenvalue weighted by Crippen LogP contribution is 2.27. The van der Waals surface area contributed by atoms with Crippen molar-refractivity contribution in [1.29, 1.82) is 0 Å². The molecular weight excluding hydrogens is 248 g/mol. The quantitative estimate of drug-likeness (QED) is 0.792. The molecule has 2 N–H and O–H groups in total. The fraction of sp³-hybridized carbons (Fsp3) is 0.250. The van der Waals surface area contributed by atoms with Crippen LogP contribution < -0.4 is 5.73 Å². The van der Waals surface area contributed by atoms with E-state index in [0.717, 1.165) is 23.3 Å². The molecule has 0 aliphatic carbocycles. The van der Waals surface area contributed by atoms with Crippen LogP contribution in [0.1, 0.15) is 16.8 Å². The van der Waals surface area contributed by atoms with E-state index < -0.39 is 0 Å². The predicted octanol–water partition coefficient (Wildman–Crippen LogP) is 2.51. The first kappa shape index (κ1) is 12.8. The standard InChI is InChI=1S/C16H18N4/c1-11-3-4-14(12(2)7-11)15-8-18-10-20-9-13(5-6-17)19-16(15)20/h3-4,7-10H,5-6,17H2,1-2H3. The van der Waals surface area contributed by atoms with Crippen LogP contribution in [0.3, 0.4) is 0 Å². The van der Waals surface area contributed by atoms with Crippen LogP contribution in [0.25, 0.3) is 16.8 Å². The average molecular weight is 266 g/mol. The van der Waals surface area contributed by atoms with Crippen molar-refractivity contribution in [3.8, 4) is 11.1 Å². The van der Waals surface area contributed by atoms with Crippen molar-refractivity contribution in [3.63, 3.8) is 0 Å². The minimum Gasteiger partial charge on any atom is -0.330 e. The third-order valence-electron chi connectivity index (χ3n) is 3.49. The van der Waals surface area contributed by atoms with E-state index in [-0.39, 0.29) is 0 Å². The smallest absolute Gasteiger partial charge is 0.147 e. The summed E-state index contributed by atoms with van der Waals surface area (Å²) in [5, 5.41) is 0. The maximum absolute atomic E-state index is 5.61. The molecule has 0 amide bonds. The van der Waals surface area contributed by atoms with Crippen LogP contribution in [0.15, 0.2) is 36.9 Å². The van der Waals surface area contributed by atoms with Crippen molar-refractivity contribution in [2.75, 3.05) is 6.54 Å². The lowest BCUT2D eigenvalue weighted by Gasteiger charge is -2.07. The first-order chi connectivity index (χ1) is 9.69. The van der Waals surface area contributed by atoms with Crippen LogP contribution in [0, 0.1) is 13.8 Å². The molecule has 0 fully saturated rings. The van der Waals surface area contributed by atoms with E-state index in [1.807, 2.05) is 16.8 Å². The fourth-order valence-corrected chi connectivity index (χ4v) is 2.54. The molecule has 0 bridgehead atoms. The van der Waals surface area contributed by atoms with Crippen molar-refractivity contribution in [3.05, 3.63) is 53.7 Å². The Hall–Kier alpha value is -2.20. The van der Waals surface area contributed by atoms with Crippen LogP contribution in [0.2, 0.25) is 0 Å². The highest BCUT2D eigenvalue weighted by Gasteiger charge is 2.10. The second-order valence-electron chi connectivity index (χ2n) is 5.13. The molecule has 102 valence electrons. The molecule has 3 aromatic rings. The van der Waals surface area contributed by atoms with Crippen LogP contribution >= 0.6 is 0 Å². The van der Waals surface area contributed by atoms with Crippen LogP contribution in [0.4, 0.5) is 0 Å². The van der Waals surface area contributed by atoms with Gasteiger partial charge in [0.2, 0.25) is 0 Å². The highest BCUT2D eigenvalue weighted by atomic mass is 15.0. The minimum absolute atomic E-state index is 0.607. The van der Waals surface area contributed by atoms with Crippen LogP contribution in [0.5, 0.6) is 0 Å². The van der Waals surface area contributed by atoms with E-state index in [2.05, 4.69) is 42.0 Å². The molecule has 4 heteroatoms. The van der Waals surface area contributed by atoms with E-state index in [1.165, 1.54) is 16.7 Å². The maximum atomic E-state index is 5.61. The number of fused-ring (bicyclic) bond motifs is 1. The second kappa shape index (κ2) is 5.06. The lowest BCUT2D eigenvalue weighted by molar-refractivity contribution is 0.936. The first-order valence-electron chi connectivity index (χ1n) is 6.78. The van der Waals surface area contributed by atoms with Crippen molar-refractivity contribution in [2.24, 2.45) is 5.73 Å². The first-order valence-corrected chi connectivity index (χ1v) is 6.78. The minimum atomic E-state index is 0.607. The summed E-state index contributed by atoms with van der Waals surface area (Å²) in [6.07, 6.45) is 6.46. The molecule has 2 heterocycles. The molecule has 20 heavy (non-hydrogen) atoms. The van der Waals surface area contributed by atoms with E-state index >= 15 is 0 Å². The van der Waals surface area contributed by atoms with Crippen molar-refractivity contribution < 1.29 is 0 Å². The molecule has 0 atom stereocenters. The Morgan fingerprint density at radius 3 is 2.80 bits per heavy atom. The van der Waals surface area contributed by atoms with Crippen molar-refractivity contribution in [2.45, 2.75) is 20.3 Å². The average Bonchev–Trinajstić information content (AvgIpc) is 2.82. The summed E-state index contributed by atoms with van der Waals surface area (Å²) >= 11 is 0. The van der Waals surface area contributed by atoms with Gasteiger partial charge in [-0.2, -0.15) is 0 Å². The molecule has 2 aromatic heterocycles. The topological polar surface area (TPSA) is 56.2 Å². The van der Waals surface area contributed by atoms with Gasteiger partial charge in [0, 0.05) is 24.4 Å². The zero-order chi connectivity index (χ0) is 14.1. The molecule has 0 aliphatic rings. The van der Waals surface area contributed by atoms with Gasteiger partial charge in [-0.1, -0.05) is 23.8 Å². The van der Waals surface area contributed by atoms with Crippen molar-refractivity contribution >= 4 is 5.65 Å². The summed E-state index contributed by atoms with van der Waals surface area (Å²) in [7, 11) is 0. The van der Waals surface area contributed by atoms with Gasteiger partial charge in [-0.3, -0.25) is 4.40 Å². The monoisotopic (exact) mass is 266 g/mol. The van der Waals surface area contributed by atoms with Gasteiger partial charge < -0.3 is 5.73 Å². The third kappa shape index (κ3) is 2.18. The van der Waals surface area contributed by atoms with Gasteiger partial charge in [-0.15, -0.1) is 0 Å². The number of aromatic nitrogens is 3. The summed E-state index contributed by atoms with van der Waals surface area (Å²) in [5.74, 6) is 0. The Morgan fingerprint density at radius 1 is 1.20 bits per heavy atom. The molecule has 0 radical (unpaired) electrons. The largest absolute Gasteiger partial charge is 0.330 e. The number of hydrogen-bond acceptors (Lipinski definition) is 3. The number of nitrogens with two attached hydrogens (primary N) is 1. The number of benzene rings is 1. The van der Waals surface area contributed by atoms with Crippen LogP contribution in [-0.4, -0.2) is 20.9 Å². The Kier molecular flexibility index (Phi) is 3.24. The highest BCUT2D eigenvalue weighted by molar-refractivity contribution is 5.79. The Bertz CT molecular complexity index is 758. The number of rotatable bonds is 3. The van der Waals surface area contributed by atoms with E-state index in [0.29, 0.717) is 6.54 Å². The molecule has 4 nitrogen and oxygen atoms in total. The molecule has 0 aliphatic heterocycles. The number of imidazole rings is 1. The summed E-state index contributed by atoms with van der Waals surface area (Å²) in [4.78, 5) is 9.00. The van der Waals surface area contributed by atoms with Gasteiger partial charge in [0.05, 0.1) is 5.69 Å². The van der Waals surface area contributed by atoms with Gasteiger partial charge >= 0.3 is 0 Å². The SMILES string of the molecule is Cc1ccc(-c2cncn3cc(CCN)nc23)c(C)c1. The van der Waals surface area contributed by atoms with Gasteiger partial charge in [-0.05, 0) is 31.5 Å². The third-order valence-corrected chi connectivity index (χ3v) is 3.49. The fourth-order valence-electron chi connectivity index (χ4n) is 2.54. The molecule has 0 saturated heterocycles. The van der Waals surface area contributed by atoms with Gasteiger partial charge in [0.15, 0.2) is 0 Å². The second-order valence-corrected chi connectivity index (χ2v) is 5.13. The zero-order valence-corrected chi connectivity index (χ0v) is 11.8. The molecular formula is C16H18N4. The summed E-state index contributed by atoms with van der Waals surface area (Å²) < 4.78 is 1.97. The normalized spacial score (nSPS) is 11.2. The Balaban J connectivity index is 2.20. The van der Waals surface area contributed by atoms with E-state index in [1.54, 1.807) is 6.33 Å². The van der Waals surface area contributed by atoms with Gasteiger partial charge in [0.1, 0.15) is 12.0 Å². The molecule has 0 unspecified atom stereocenters. The summed E-state index contributed by atoms with van der Waals surface area (Å²) in [6.45, 7) is 4.83. The molecule has 3 rings (SSSR count). The number of aryl methyl sites for hydroxylation is 2. The lowest BCUT2D eigenvalue weighted by Crippen LogP contribution is -2.02. The van der Waals surface area contributed by atoms with Crippen LogP contribution in [-0.2, 0) is 6.42 Å². The summed E-state index contributed by atoms with van der Waals surface area (Å²) in [6, 6.07) is 6.44. The van der Waals surface area contributed by atoms with Gasteiger partial charge in [0.25, 0.3) is 0 Å². The van der Waals surface area contributed by atoms with E-state index in [4.69, 9.17) is 5.73 Å². The number of nitrogens with zero attached hydrogens (tertiary/aromatic N) is 3. The van der Waals surface area contributed by atoms with Crippen molar-refractivity contribution in [1.82, 2.24) is 14.4 Å². The van der Waals surface area contributed by atoms with E-state index in [9.17, 15) is 0 Å². The lowest BCUT2D eigenvalue weighted by atomic mass is 10.0. The summed E-state index contributed by atoms with van der Waals surface area (Å²) in [5.41, 5.74) is 12.3. The predicted molar refractivity (Wildman–Crippen MR) is 80.7 cm³/mol. The maximum Gasteiger partial charge on any atom is 0.147 e. The van der Waals surface area contributed by atoms with Gasteiger partial charge in [-0.25, -0.2) is 9.97 Å². The zero-order valence-electron chi connectivity index (χ0n) is 11.8.